The molecule has 3 aromatic rings. The van der Waals surface area contributed by atoms with Gasteiger partial charge >= 0.3 is 5.97 Å². The van der Waals surface area contributed by atoms with Crippen LogP contribution in [0.5, 0.6) is 0 Å². The topological polar surface area (TPSA) is 92.8 Å². The number of esters is 1. The van der Waals surface area contributed by atoms with Gasteiger partial charge in [-0.15, -0.1) is 0 Å². The minimum Gasteiger partial charge on any atom is -0.452 e. The Morgan fingerprint density at radius 1 is 0.895 bits per heavy atom. The normalized spacial score (nSPS) is 20.7. The average Bonchev–Trinajstić information content (AvgIpc) is 3.19. The lowest BCUT2D eigenvalue weighted by atomic mass is 9.73. The highest BCUT2D eigenvalue weighted by atomic mass is 35.5. The molecule has 194 valence electrons. The van der Waals surface area contributed by atoms with E-state index >= 15 is 0 Å². The lowest BCUT2D eigenvalue weighted by molar-refractivity contribution is -0.122. The van der Waals surface area contributed by atoms with E-state index in [-0.39, 0.29) is 35.1 Å². The van der Waals surface area contributed by atoms with E-state index in [9.17, 15) is 19.2 Å². The number of fused-ring (bicyclic) bond motifs is 1. The van der Waals surface area contributed by atoms with Crippen LogP contribution in [0, 0.1) is 11.8 Å². The van der Waals surface area contributed by atoms with Crippen LogP contribution in [0.4, 0.5) is 11.4 Å². The van der Waals surface area contributed by atoms with E-state index < -0.39 is 18.5 Å². The number of nitrogens with zero attached hydrogens (tertiary/aromatic N) is 1. The number of benzene rings is 3. The van der Waals surface area contributed by atoms with Crippen LogP contribution >= 0.6 is 23.2 Å². The fourth-order valence-corrected chi connectivity index (χ4v) is 5.54. The molecule has 0 bridgehead atoms. The number of rotatable bonds is 6. The Bertz CT molecular complexity index is 1390. The number of carbonyl (C=O) groups excluding carboxylic acids is 4. The first-order valence-electron chi connectivity index (χ1n) is 12.3. The monoisotopic (exact) mass is 550 g/mol. The van der Waals surface area contributed by atoms with Crippen molar-refractivity contribution in [3.63, 3.8) is 0 Å². The Balaban J connectivity index is 1.20. The van der Waals surface area contributed by atoms with Gasteiger partial charge in [0.15, 0.2) is 6.61 Å². The van der Waals surface area contributed by atoms with Crippen LogP contribution in [-0.2, 0) is 19.1 Å². The fourth-order valence-electron chi connectivity index (χ4n) is 5.20. The standard InChI is InChI=1S/C29H24Cl2N2O5/c30-20-9-13-24(31)25(15-20)32-26(34)16-38-29(37)18-6-10-21(11-7-18)33-27(35)22-12-8-19(14-23(22)28(33)36)17-4-2-1-3-5-17/h1-7,9-11,13,15,19,22-23H,8,12,14,16H2,(H,32,34)/t19-,22+,23+/m0/s1. The van der Waals surface area contributed by atoms with Crippen LogP contribution in [0.15, 0.2) is 72.8 Å². The van der Waals surface area contributed by atoms with Gasteiger partial charge < -0.3 is 10.1 Å². The van der Waals surface area contributed by atoms with Gasteiger partial charge in [0.25, 0.3) is 5.91 Å². The second kappa shape index (κ2) is 11.0. The number of anilines is 2. The number of carbonyl (C=O) groups is 4. The van der Waals surface area contributed by atoms with Gasteiger partial charge in [0.1, 0.15) is 0 Å². The van der Waals surface area contributed by atoms with E-state index in [0.717, 1.165) is 6.42 Å². The summed E-state index contributed by atoms with van der Waals surface area (Å²) in [4.78, 5) is 52.3. The lowest BCUT2D eigenvalue weighted by Crippen LogP contribution is -2.30. The zero-order valence-corrected chi connectivity index (χ0v) is 21.7. The molecular weight excluding hydrogens is 527 g/mol. The highest BCUT2D eigenvalue weighted by molar-refractivity contribution is 6.35. The summed E-state index contributed by atoms with van der Waals surface area (Å²) < 4.78 is 5.10. The van der Waals surface area contributed by atoms with Gasteiger partial charge in [-0.3, -0.25) is 19.3 Å². The molecule has 3 amide bonds. The van der Waals surface area contributed by atoms with Crippen molar-refractivity contribution in [1.29, 1.82) is 0 Å². The van der Waals surface area contributed by atoms with E-state index in [4.69, 9.17) is 27.9 Å². The summed E-state index contributed by atoms with van der Waals surface area (Å²) in [6.45, 7) is -0.529. The Labute approximate surface area is 229 Å². The third kappa shape index (κ3) is 5.30. The molecule has 0 spiro atoms. The van der Waals surface area contributed by atoms with Gasteiger partial charge in [0.05, 0.1) is 33.8 Å². The van der Waals surface area contributed by atoms with Crippen molar-refractivity contribution in [3.8, 4) is 0 Å². The summed E-state index contributed by atoms with van der Waals surface area (Å²) in [7, 11) is 0. The Kier molecular flexibility index (Phi) is 7.49. The highest BCUT2D eigenvalue weighted by Gasteiger charge is 2.50. The third-order valence-corrected chi connectivity index (χ3v) is 7.66. The van der Waals surface area contributed by atoms with Crippen LogP contribution in [0.2, 0.25) is 10.0 Å². The molecule has 9 heteroatoms. The molecule has 3 atom stereocenters. The predicted octanol–water partition coefficient (Wildman–Crippen LogP) is 5.86. The van der Waals surface area contributed by atoms with Gasteiger partial charge in [-0.25, -0.2) is 4.79 Å². The van der Waals surface area contributed by atoms with E-state index in [2.05, 4.69) is 17.4 Å². The van der Waals surface area contributed by atoms with Crippen LogP contribution in [-0.4, -0.2) is 30.3 Å². The number of ether oxygens (including phenoxy) is 1. The molecule has 2 fully saturated rings. The summed E-state index contributed by atoms with van der Waals surface area (Å²) >= 11 is 11.9. The number of hydrogen-bond acceptors (Lipinski definition) is 5. The predicted molar refractivity (Wildman–Crippen MR) is 144 cm³/mol. The van der Waals surface area contributed by atoms with Crippen LogP contribution < -0.4 is 10.2 Å². The Morgan fingerprint density at radius 3 is 2.34 bits per heavy atom. The maximum atomic E-state index is 13.3. The number of imide groups is 1. The molecule has 1 heterocycles. The average molecular weight is 551 g/mol. The smallest absolute Gasteiger partial charge is 0.338 e. The van der Waals surface area contributed by atoms with E-state index in [1.165, 1.54) is 28.7 Å². The van der Waals surface area contributed by atoms with Crippen LogP contribution in [0.3, 0.4) is 0 Å². The van der Waals surface area contributed by atoms with Crippen LogP contribution in [0.25, 0.3) is 0 Å². The SMILES string of the molecule is O=C(COC(=O)c1ccc(N2C(=O)[C@@H]3CC[C@H](c4ccccc4)C[C@H]3C2=O)cc1)Nc1cc(Cl)ccc1Cl. The second-order valence-corrected chi connectivity index (χ2v) is 10.3. The van der Waals surface area contributed by atoms with Crippen molar-refractivity contribution in [3.05, 3.63) is 94.0 Å². The van der Waals surface area contributed by atoms with Crippen LogP contribution in [0.1, 0.15) is 41.1 Å². The zero-order chi connectivity index (χ0) is 26.8. The van der Waals surface area contributed by atoms with Crippen molar-refractivity contribution in [2.75, 3.05) is 16.8 Å². The first-order valence-corrected chi connectivity index (χ1v) is 13.0. The number of amides is 3. The molecule has 1 aliphatic carbocycles. The summed E-state index contributed by atoms with van der Waals surface area (Å²) in [5, 5.41) is 3.23. The van der Waals surface area contributed by atoms with Gasteiger partial charge in [-0.05, 0) is 73.2 Å². The molecular formula is C29H24Cl2N2O5. The molecule has 1 aliphatic heterocycles. The molecule has 1 N–H and O–H groups in total. The minimum absolute atomic E-state index is 0.183. The number of hydrogen-bond donors (Lipinski definition) is 1. The van der Waals surface area contributed by atoms with Gasteiger partial charge in [0, 0.05) is 5.02 Å². The van der Waals surface area contributed by atoms with Gasteiger partial charge in [-0.1, -0.05) is 53.5 Å². The molecule has 7 nitrogen and oxygen atoms in total. The molecule has 0 unspecified atom stereocenters. The molecule has 0 aromatic heterocycles. The maximum Gasteiger partial charge on any atom is 0.338 e. The largest absolute Gasteiger partial charge is 0.452 e. The molecule has 2 aliphatic rings. The third-order valence-electron chi connectivity index (χ3n) is 7.09. The van der Waals surface area contributed by atoms with Gasteiger partial charge in [-0.2, -0.15) is 0 Å². The quantitative estimate of drug-likeness (QED) is 0.306. The minimum atomic E-state index is -0.720. The Morgan fingerprint density at radius 2 is 1.61 bits per heavy atom. The molecule has 1 saturated heterocycles. The second-order valence-electron chi connectivity index (χ2n) is 9.44. The van der Waals surface area contributed by atoms with Crippen molar-refractivity contribution in [2.24, 2.45) is 11.8 Å². The Hall–Kier alpha value is -3.68. The number of nitrogens with one attached hydrogen (secondary N) is 1. The highest BCUT2D eigenvalue weighted by Crippen LogP contribution is 2.45. The summed E-state index contributed by atoms with van der Waals surface area (Å²) in [6.07, 6.45) is 2.17. The first-order chi connectivity index (χ1) is 18.3. The fraction of sp³-hybridized carbons (Fsp3) is 0.241. The number of halogens is 2. The van der Waals surface area contributed by atoms with Gasteiger partial charge in [0.2, 0.25) is 11.8 Å². The summed E-state index contributed by atoms with van der Waals surface area (Å²) in [5.74, 6) is -2.12. The lowest BCUT2D eigenvalue weighted by Gasteiger charge is -2.28. The first kappa shape index (κ1) is 25.9. The maximum absolute atomic E-state index is 13.3. The van der Waals surface area contributed by atoms with E-state index in [0.29, 0.717) is 34.3 Å². The van der Waals surface area contributed by atoms with Crippen molar-refractivity contribution < 1.29 is 23.9 Å². The molecule has 1 saturated carbocycles. The van der Waals surface area contributed by atoms with Crippen molar-refractivity contribution in [1.82, 2.24) is 0 Å². The summed E-state index contributed by atoms with van der Waals surface area (Å²) in [5.41, 5.74) is 2.09. The molecule has 0 radical (unpaired) electrons. The van der Waals surface area contributed by atoms with E-state index in [1.54, 1.807) is 24.3 Å². The molecule has 5 rings (SSSR count). The molecule has 3 aromatic carbocycles. The van der Waals surface area contributed by atoms with Crippen molar-refractivity contribution >= 4 is 58.3 Å². The molecule has 38 heavy (non-hydrogen) atoms. The van der Waals surface area contributed by atoms with E-state index in [1.807, 2.05) is 18.2 Å². The zero-order valence-electron chi connectivity index (χ0n) is 20.2. The van der Waals surface area contributed by atoms with Crippen molar-refractivity contribution in [2.45, 2.75) is 25.2 Å². The summed E-state index contributed by atoms with van der Waals surface area (Å²) in [6, 6.07) is 20.7.